The first kappa shape index (κ1) is 12.2. The molecule has 0 heterocycles. The van der Waals surface area contributed by atoms with Gasteiger partial charge in [-0.3, -0.25) is 0 Å². The standard InChI is InChI=1S/C8H14.C2H6/c1-5-6-8(4)7(2)3;1-2/h6H,2,5H2,1,3-4H3;1-2H3/b8-6-;. The Morgan fingerprint density at radius 2 is 1.70 bits per heavy atom. The van der Waals surface area contributed by atoms with Gasteiger partial charge in [0.2, 0.25) is 0 Å². The van der Waals surface area contributed by atoms with E-state index in [2.05, 4.69) is 26.5 Å². The minimum Gasteiger partial charge on any atom is -0.0959 e. The fourth-order valence-electron chi connectivity index (χ4n) is 0.480. The second-order valence-corrected chi connectivity index (χ2v) is 2.08. The van der Waals surface area contributed by atoms with Crippen molar-refractivity contribution in [3.8, 4) is 0 Å². The van der Waals surface area contributed by atoms with Gasteiger partial charge in [-0.1, -0.05) is 44.6 Å². The van der Waals surface area contributed by atoms with E-state index in [1.165, 1.54) is 11.1 Å². The molecular formula is C10H20. The number of hydrogen-bond donors (Lipinski definition) is 0. The molecule has 0 nitrogen and oxygen atoms in total. The van der Waals surface area contributed by atoms with Crippen LogP contribution in [0.3, 0.4) is 0 Å². The van der Waals surface area contributed by atoms with Crippen LogP contribution >= 0.6 is 0 Å². The van der Waals surface area contributed by atoms with Gasteiger partial charge in [0.25, 0.3) is 0 Å². The zero-order chi connectivity index (χ0) is 8.57. The summed E-state index contributed by atoms with van der Waals surface area (Å²) < 4.78 is 0. The van der Waals surface area contributed by atoms with Crippen molar-refractivity contribution in [2.45, 2.75) is 41.0 Å². The zero-order valence-corrected chi connectivity index (χ0v) is 7.99. The Morgan fingerprint density at radius 3 is 1.80 bits per heavy atom. The summed E-state index contributed by atoms with van der Waals surface area (Å²) in [6, 6.07) is 0. The van der Waals surface area contributed by atoms with Crippen molar-refractivity contribution in [3.63, 3.8) is 0 Å². The fourth-order valence-corrected chi connectivity index (χ4v) is 0.480. The SMILES string of the molecule is C=C(C)/C(C)=C\CC.CC. The Labute approximate surface area is 65.7 Å². The Kier molecular flexibility index (Phi) is 10.3. The monoisotopic (exact) mass is 140 g/mol. The van der Waals surface area contributed by atoms with E-state index in [1.54, 1.807) is 0 Å². The summed E-state index contributed by atoms with van der Waals surface area (Å²) in [6.45, 7) is 14.1. The summed E-state index contributed by atoms with van der Waals surface area (Å²) in [5.74, 6) is 0. The van der Waals surface area contributed by atoms with E-state index in [0.717, 1.165) is 6.42 Å². The Morgan fingerprint density at radius 1 is 1.30 bits per heavy atom. The average molecular weight is 140 g/mol. The second kappa shape index (κ2) is 8.48. The zero-order valence-electron chi connectivity index (χ0n) is 7.99. The van der Waals surface area contributed by atoms with Gasteiger partial charge >= 0.3 is 0 Å². The highest BCUT2D eigenvalue weighted by molar-refractivity contribution is 5.23. The maximum Gasteiger partial charge on any atom is -0.0374 e. The van der Waals surface area contributed by atoms with E-state index in [1.807, 2.05) is 20.8 Å². The summed E-state index contributed by atoms with van der Waals surface area (Å²) in [5, 5.41) is 0. The lowest BCUT2D eigenvalue weighted by molar-refractivity contribution is 1.18. The van der Waals surface area contributed by atoms with Crippen LogP contribution in [0.15, 0.2) is 23.8 Å². The highest BCUT2D eigenvalue weighted by Gasteiger charge is 1.83. The minimum absolute atomic E-state index is 1.11. The van der Waals surface area contributed by atoms with Crippen LogP contribution in [0.25, 0.3) is 0 Å². The maximum absolute atomic E-state index is 3.81. The molecule has 10 heavy (non-hydrogen) atoms. The largest absolute Gasteiger partial charge is 0.0959 e. The van der Waals surface area contributed by atoms with Gasteiger partial charge in [0.05, 0.1) is 0 Å². The number of rotatable bonds is 2. The molecule has 0 aliphatic heterocycles. The molecule has 0 atom stereocenters. The molecule has 0 fully saturated rings. The number of allylic oxidation sites excluding steroid dienone is 3. The maximum atomic E-state index is 3.81. The van der Waals surface area contributed by atoms with Crippen LogP contribution in [0.5, 0.6) is 0 Å². The third-order valence-corrected chi connectivity index (χ3v) is 1.18. The van der Waals surface area contributed by atoms with Crippen molar-refractivity contribution in [2.24, 2.45) is 0 Å². The van der Waals surface area contributed by atoms with E-state index < -0.39 is 0 Å². The van der Waals surface area contributed by atoms with Gasteiger partial charge in [0.15, 0.2) is 0 Å². The van der Waals surface area contributed by atoms with Crippen molar-refractivity contribution < 1.29 is 0 Å². The molecular weight excluding hydrogens is 120 g/mol. The molecule has 0 saturated heterocycles. The predicted octanol–water partition coefficient (Wildman–Crippen LogP) is 3.95. The van der Waals surface area contributed by atoms with Crippen LogP contribution in [0.4, 0.5) is 0 Å². The van der Waals surface area contributed by atoms with Gasteiger partial charge in [0.1, 0.15) is 0 Å². The summed E-state index contributed by atoms with van der Waals surface area (Å²) in [6.07, 6.45) is 3.29. The molecule has 0 amide bonds. The predicted molar refractivity (Wildman–Crippen MR) is 50.2 cm³/mol. The lowest BCUT2D eigenvalue weighted by Crippen LogP contribution is -1.73. The van der Waals surface area contributed by atoms with Crippen molar-refractivity contribution >= 4 is 0 Å². The summed E-state index contributed by atoms with van der Waals surface area (Å²) in [5.41, 5.74) is 2.49. The highest BCUT2D eigenvalue weighted by Crippen LogP contribution is 2.04. The van der Waals surface area contributed by atoms with Crippen LogP contribution in [-0.2, 0) is 0 Å². The van der Waals surface area contributed by atoms with Gasteiger partial charge < -0.3 is 0 Å². The van der Waals surface area contributed by atoms with E-state index >= 15 is 0 Å². The van der Waals surface area contributed by atoms with Crippen LogP contribution in [0.2, 0.25) is 0 Å². The molecule has 0 aromatic heterocycles. The third-order valence-electron chi connectivity index (χ3n) is 1.18. The Hall–Kier alpha value is -0.520. The molecule has 0 rings (SSSR count). The summed E-state index contributed by atoms with van der Waals surface area (Å²) in [4.78, 5) is 0. The first-order valence-corrected chi connectivity index (χ1v) is 4.01. The van der Waals surface area contributed by atoms with Crippen molar-refractivity contribution in [1.82, 2.24) is 0 Å². The molecule has 60 valence electrons. The Balaban J connectivity index is 0. The van der Waals surface area contributed by atoms with Crippen LogP contribution in [-0.4, -0.2) is 0 Å². The van der Waals surface area contributed by atoms with Gasteiger partial charge in [-0.2, -0.15) is 0 Å². The van der Waals surface area contributed by atoms with Gasteiger partial charge in [-0.25, -0.2) is 0 Å². The smallest absolute Gasteiger partial charge is 0.0374 e. The normalized spacial score (nSPS) is 9.90. The van der Waals surface area contributed by atoms with Crippen molar-refractivity contribution in [1.29, 1.82) is 0 Å². The first-order chi connectivity index (χ1) is 4.68. The van der Waals surface area contributed by atoms with E-state index in [-0.39, 0.29) is 0 Å². The molecule has 0 aliphatic rings. The van der Waals surface area contributed by atoms with E-state index in [9.17, 15) is 0 Å². The minimum atomic E-state index is 1.11. The molecule has 0 radical (unpaired) electrons. The van der Waals surface area contributed by atoms with Gasteiger partial charge in [-0.15, -0.1) is 0 Å². The fraction of sp³-hybridized carbons (Fsp3) is 0.600. The summed E-state index contributed by atoms with van der Waals surface area (Å²) in [7, 11) is 0. The topological polar surface area (TPSA) is 0 Å². The van der Waals surface area contributed by atoms with E-state index in [0.29, 0.717) is 0 Å². The summed E-state index contributed by atoms with van der Waals surface area (Å²) >= 11 is 0. The molecule has 0 aromatic rings. The molecule has 0 unspecified atom stereocenters. The van der Waals surface area contributed by atoms with Crippen molar-refractivity contribution in [2.75, 3.05) is 0 Å². The second-order valence-electron chi connectivity index (χ2n) is 2.08. The lowest BCUT2D eigenvalue weighted by Gasteiger charge is -1.94. The molecule has 0 N–H and O–H groups in total. The lowest BCUT2D eigenvalue weighted by atomic mass is 10.1. The van der Waals surface area contributed by atoms with Crippen molar-refractivity contribution in [3.05, 3.63) is 23.8 Å². The molecule has 0 aliphatic carbocycles. The molecule has 0 bridgehead atoms. The molecule has 0 saturated carbocycles. The number of hydrogen-bond acceptors (Lipinski definition) is 0. The Bertz CT molecular complexity index is 107. The highest BCUT2D eigenvalue weighted by atomic mass is 13.9. The van der Waals surface area contributed by atoms with Gasteiger partial charge in [0, 0.05) is 0 Å². The quantitative estimate of drug-likeness (QED) is 0.509. The van der Waals surface area contributed by atoms with Crippen LogP contribution in [0, 0.1) is 0 Å². The van der Waals surface area contributed by atoms with E-state index in [4.69, 9.17) is 0 Å². The average Bonchev–Trinajstić information content (AvgIpc) is 1.93. The molecule has 0 spiro atoms. The molecule has 0 aromatic carbocycles. The molecule has 0 heteroatoms. The van der Waals surface area contributed by atoms with Crippen LogP contribution in [0.1, 0.15) is 41.0 Å². The first-order valence-electron chi connectivity index (χ1n) is 4.01. The van der Waals surface area contributed by atoms with Crippen LogP contribution < -0.4 is 0 Å². The van der Waals surface area contributed by atoms with Gasteiger partial charge in [-0.05, 0) is 20.3 Å². The third kappa shape index (κ3) is 7.48.